The second-order valence-electron chi connectivity index (χ2n) is 2.17. The molecule has 0 bridgehead atoms. The third-order valence-electron chi connectivity index (χ3n) is 1.24. The highest BCUT2D eigenvalue weighted by Crippen LogP contribution is 1.99. The van der Waals surface area contributed by atoms with Gasteiger partial charge in [0.25, 0.3) is 5.17 Å². The molecule has 1 heterocycles. The normalized spacial score (nSPS) is 9.38. The maximum atomic E-state index is 12.5. The number of thiocarbonyl (C=S) groups is 1. The lowest BCUT2D eigenvalue weighted by Crippen LogP contribution is -2.30. The van der Waals surface area contributed by atoms with Crippen molar-refractivity contribution in [1.29, 1.82) is 0 Å². The SMILES string of the molecule is NNC(=S)OCc1cccc(F)n1. The second-order valence-corrected chi connectivity index (χ2v) is 2.54. The van der Waals surface area contributed by atoms with Crippen LogP contribution in [0.25, 0.3) is 0 Å². The molecule has 70 valence electrons. The van der Waals surface area contributed by atoms with E-state index in [0.717, 1.165) is 0 Å². The minimum absolute atomic E-state index is 0.0473. The van der Waals surface area contributed by atoms with Gasteiger partial charge in [-0.1, -0.05) is 6.07 Å². The first-order valence-corrected chi connectivity index (χ1v) is 3.88. The lowest BCUT2D eigenvalue weighted by molar-refractivity contribution is 0.280. The van der Waals surface area contributed by atoms with Crippen LogP contribution in [0.1, 0.15) is 5.69 Å². The van der Waals surface area contributed by atoms with Crippen molar-refractivity contribution in [3.8, 4) is 0 Å². The summed E-state index contributed by atoms with van der Waals surface area (Å²) in [6.45, 7) is 0.0980. The Morgan fingerprint density at radius 2 is 2.46 bits per heavy atom. The minimum Gasteiger partial charge on any atom is -0.464 e. The van der Waals surface area contributed by atoms with Gasteiger partial charge in [-0.15, -0.1) is 0 Å². The van der Waals surface area contributed by atoms with Crippen molar-refractivity contribution >= 4 is 17.4 Å². The molecule has 1 aromatic heterocycles. The number of nitrogens with two attached hydrogens (primary N) is 1. The molecule has 0 aliphatic heterocycles. The number of halogens is 1. The molecule has 0 aromatic carbocycles. The number of pyridine rings is 1. The first-order valence-electron chi connectivity index (χ1n) is 3.47. The van der Waals surface area contributed by atoms with Crippen LogP contribution in [0.5, 0.6) is 0 Å². The summed E-state index contributed by atoms with van der Waals surface area (Å²) in [5, 5.41) is 0.0473. The van der Waals surface area contributed by atoms with Gasteiger partial charge in [0.15, 0.2) is 0 Å². The number of nitrogens with zero attached hydrogens (tertiary/aromatic N) is 1. The number of hydrogen-bond acceptors (Lipinski definition) is 4. The largest absolute Gasteiger partial charge is 0.464 e. The molecule has 3 N–H and O–H groups in total. The molecule has 0 radical (unpaired) electrons. The van der Waals surface area contributed by atoms with Gasteiger partial charge in [-0.2, -0.15) is 4.39 Å². The third-order valence-corrected chi connectivity index (χ3v) is 1.48. The fourth-order valence-electron chi connectivity index (χ4n) is 0.712. The molecule has 0 saturated heterocycles. The summed E-state index contributed by atoms with van der Waals surface area (Å²) in [6, 6.07) is 4.42. The van der Waals surface area contributed by atoms with E-state index in [1.165, 1.54) is 6.07 Å². The molecule has 1 rings (SSSR count). The van der Waals surface area contributed by atoms with Gasteiger partial charge in [0, 0.05) is 0 Å². The summed E-state index contributed by atoms with van der Waals surface area (Å²) in [5.74, 6) is 4.41. The van der Waals surface area contributed by atoms with Crippen molar-refractivity contribution in [2.75, 3.05) is 0 Å². The predicted molar refractivity (Wildman–Crippen MR) is 48.9 cm³/mol. The van der Waals surface area contributed by atoms with Crippen molar-refractivity contribution in [1.82, 2.24) is 10.4 Å². The van der Waals surface area contributed by atoms with Crippen LogP contribution in [0.2, 0.25) is 0 Å². The van der Waals surface area contributed by atoms with Gasteiger partial charge in [0.05, 0.1) is 5.69 Å². The van der Waals surface area contributed by atoms with E-state index < -0.39 is 5.95 Å². The van der Waals surface area contributed by atoms with Crippen LogP contribution in [0.15, 0.2) is 18.2 Å². The molecular weight excluding hydrogens is 193 g/mol. The Hall–Kier alpha value is -1.27. The number of ether oxygens (including phenoxy) is 1. The molecule has 0 fully saturated rings. The highest BCUT2D eigenvalue weighted by atomic mass is 32.1. The van der Waals surface area contributed by atoms with Gasteiger partial charge in [-0.25, -0.2) is 10.8 Å². The van der Waals surface area contributed by atoms with Gasteiger partial charge in [0.1, 0.15) is 6.61 Å². The maximum Gasteiger partial charge on any atom is 0.271 e. The van der Waals surface area contributed by atoms with Crippen molar-refractivity contribution in [3.63, 3.8) is 0 Å². The molecule has 13 heavy (non-hydrogen) atoms. The van der Waals surface area contributed by atoms with Gasteiger partial charge in [-0.3, -0.25) is 5.43 Å². The number of hydrazine groups is 1. The highest BCUT2D eigenvalue weighted by molar-refractivity contribution is 7.80. The molecule has 0 unspecified atom stereocenters. The Kier molecular flexibility index (Phi) is 3.53. The Labute approximate surface area is 79.9 Å². The summed E-state index contributed by atoms with van der Waals surface area (Å²) >= 11 is 4.61. The van der Waals surface area contributed by atoms with Crippen LogP contribution in [-0.4, -0.2) is 10.2 Å². The Morgan fingerprint density at radius 1 is 1.69 bits per heavy atom. The lowest BCUT2D eigenvalue weighted by Gasteiger charge is -2.04. The monoisotopic (exact) mass is 201 g/mol. The average Bonchev–Trinajstić information content (AvgIpc) is 2.14. The topological polar surface area (TPSA) is 60.2 Å². The molecule has 0 aliphatic carbocycles. The van der Waals surface area contributed by atoms with E-state index in [9.17, 15) is 4.39 Å². The standard InChI is InChI=1S/C7H8FN3OS/c8-6-3-1-2-5(10-6)4-12-7(13)11-9/h1-3H,4,9H2,(H,11,13). The van der Waals surface area contributed by atoms with E-state index >= 15 is 0 Å². The van der Waals surface area contributed by atoms with Crippen LogP contribution < -0.4 is 11.3 Å². The number of hydrogen-bond donors (Lipinski definition) is 2. The molecule has 0 aliphatic rings. The summed E-state index contributed by atoms with van der Waals surface area (Å²) in [4.78, 5) is 3.56. The smallest absolute Gasteiger partial charge is 0.271 e. The fourth-order valence-corrected chi connectivity index (χ4v) is 0.771. The van der Waals surface area contributed by atoms with E-state index in [2.05, 4.69) is 22.6 Å². The number of aromatic nitrogens is 1. The van der Waals surface area contributed by atoms with Gasteiger partial charge in [-0.05, 0) is 24.4 Å². The van der Waals surface area contributed by atoms with Crippen molar-refractivity contribution in [3.05, 3.63) is 29.8 Å². The van der Waals surface area contributed by atoms with Gasteiger partial charge in [0.2, 0.25) is 5.95 Å². The molecule has 0 amide bonds. The van der Waals surface area contributed by atoms with E-state index in [1.54, 1.807) is 12.1 Å². The quantitative estimate of drug-likeness (QED) is 0.315. The van der Waals surface area contributed by atoms with Crippen molar-refractivity contribution in [2.24, 2.45) is 5.84 Å². The zero-order valence-corrected chi connectivity index (χ0v) is 7.47. The van der Waals surface area contributed by atoms with E-state index in [4.69, 9.17) is 10.6 Å². The van der Waals surface area contributed by atoms with Crippen molar-refractivity contribution in [2.45, 2.75) is 6.61 Å². The minimum atomic E-state index is -0.548. The van der Waals surface area contributed by atoms with Crippen LogP contribution in [0, 0.1) is 5.95 Å². The highest BCUT2D eigenvalue weighted by Gasteiger charge is 1.98. The number of rotatable bonds is 2. The van der Waals surface area contributed by atoms with Crippen LogP contribution in [0.3, 0.4) is 0 Å². The van der Waals surface area contributed by atoms with E-state index in [-0.39, 0.29) is 11.8 Å². The summed E-state index contributed by atoms with van der Waals surface area (Å²) in [6.07, 6.45) is 0. The summed E-state index contributed by atoms with van der Waals surface area (Å²) in [5.41, 5.74) is 2.59. The number of nitrogens with one attached hydrogen (secondary N) is 1. The molecule has 0 saturated carbocycles. The van der Waals surface area contributed by atoms with Crippen LogP contribution >= 0.6 is 12.2 Å². The third kappa shape index (κ3) is 3.30. The molecule has 4 nitrogen and oxygen atoms in total. The Morgan fingerprint density at radius 3 is 3.08 bits per heavy atom. The molecule has 1 aromatic rings. The lowest BCUT2D eigenvalue weighted by atomic mass is 10.4. The van der Waals surface area contributed by atoms with Gasteiger partial charge < -0.3 is 4.74 Å². The van der Waals surface area contributed by atoms with E-state index in [1.807, 2.05) is 0 Å². The molecule has 6 heteroatoms. The van der Waals surface area contributed by atoms with Crippen LogP contribution in [-0.2, 0) is 11.3 Å². The predicted octanol–water partition coefficient (Wildman–Crippen LogP) is 0.485. The Bertz CT molecular complexity index is 308. The molecule has 0 atom stereocenters. The first-order chi connectivity index (χ1) is 6.22. The Balaban J connectivity index is 2.50. The molecular formula is C7H8FN3OS. The zero-order chi connectivity index (χ0) is 9.68. The molecule has 0 spiro atoms. The summed E-state index contributed by atoms with van der Waals surface area (Å²) < 4.78 is 17.4. The van der Waals surface area contributed by atoms with Crippen molar-refractivity contribution < 1.29 is 9.13 Å². The maximum absolute atomic E-state index is 12.5. The fraction of sp³-hybridized carbons (Fsp3) is 0.143. The summed E-state index contributed by atoms with van der Waals surface area (Å²) in [7, 11) is 0. The van der Waals surface area contributed by atoms with E-state index in [0.29, 0.717) is 5.69 Å². The first kappa shape index (κ1) is 9.82. The average molecular weight is 201 g/mol. The second kappa shape index (κ2) is 4.68. The zero-order valence-electron chi connectivity index (χ0n) is 6.66. The van der Waals surface area contributed by atoms with Gasteiger partial charge >= 0.3 is 0 Å². The van der Waals surface area contributed by atoms with Crippen LogP contribution in [0.4, 0.5) is 4.39 Å².